The quantitative estimate of drug-likeness (QED) is 0.593. The summed E-state index contributed by atoms with van der Waals surface area (Å²) < 4.78 is 28.7. The van der Waals surface area contributed by atoms with Crippen LogP contribution in [0.5, 0.6) is 0 Å². The minimum atomic E-state index is -3.83. The Labute approximate surface area is 178 Å². The maximum absolute atomic E-state index is 13.0. The zero-order valence-corrected chi connectivity index (χ0v) is 18.2. The predicted octanol–water partition coefficient (Wildman–Crippen LogP) is 4.39. The van der Waals surface area contributed by atoms with Crippen LogP contribution < -0.4 is 10.0 Å². The van der Waals surface area contributed by atoms with E-state index in [0.717, 1.165) is 16.7 Å². The minimum Gasteiger partial charge on any atom is -0.352 e. The first-order valence-corrected chi connectivity index (χ1v) is 11.3. The lowest BCUT2D eigenvalue weighted by Crippen LogP contribution is -2.26. The van der Waals surface area contributed by atoms with Gasteiger partial charge < -0.3 is 5.32 Å². The molecule has 5 nitrogen and oxygen atoms in total. The first kappa shape index (κ1) is 21.6. The molecule has 0 bridgehead atoms. The van der Waals surface area contributed by atoms with E-state index in [1.54, 1.807) is 25.1 Å². The Balaban J connectivity index is 1.76. The fourth-order valence-electron chi connectivity index (χ4n) is 3.14. The van der Waals surface area contributed by atoms with Gasteiger partial charge in [-0.05, 0) is 67.6 Å². The molecule has 0 saturated heterocycles. The molecule has 0 aliphatic carbocycles. The predicted molar refractivity (Wildman–Crippen MR) is 120 cm³/mol. The zero-order valence-electron chi connectivity index (χ0n) is 17.4. The fourth-order valence-corrected chi connectivity index (χ4v) is 4.54. The highest BCUT2D eigenvalue weighted by atomic mass is 32.2. The number of carbonyl (C=O) groups excluding carboxylic acids is 1. The van der Waals surface area contributed by atoms with Crippen LogP contribution in [0.15, 0.2) is 71.6 Å². The molecule has 0 saturated carbocycles. The SMILES string of the molecule is Cc1ccc(C)c(NS(=O)(=O)c2cc(C(=O)NCCc3ccccc3)ccc2C)c1. The van der Waals surface area contributed by atoms with E-state index in [4.69, 9.17) is 0 Å². The van der Waals surface area contributed by atoms with Crippen molar-refractivity contribution in [3.05, 3.63) is 94.5 Å². The van der Waals surface area contributed by atoms with Gasteiger partial charge in [0.25, 0.3) is 15.9 Å². The molecule has 3 rings (SSSR count). The van der Waals surface area contributed by atoms with Crippen molar-refractivity contribution in [1.29, 1.82) is 0 Å². The lowest BCUT2D eigenvalue weighted by molar-refractivity contribution is 0.0954. The highest BCUT2D eigenvalue weighted by Gasteiger charge is 2.20. The third-order valence-electron chi connectivity index (χ3n) is 4.92. The van der Waals surface area contributed by atoms with Crippen molar-refractivity contribution in [2.75, 3.05) is 11.3 Å². The van der Waals surface area contributed by atoms with Crippen LogP contribution >= 0.6 is 0 Å². The molecule has 0 fully saturated rings. The smallest absolute Gasteiger partial charge is 0.262 e. The largest absolute Gasteiger partial charge is 0.352 e. The number of hydrogen-bond acceptors (Lipinski definition) is 3. The molecule has 30 heavy (non-hydrogen) atoms. The van der Waals surface area contributed by atoms with Gasteiger partial charge in [0.2, 0.25) is 0 Å². The van der Waals surface area contributed by atoms with Crippen LogP contribution in [0.1, 0.15) is 32.6 Å². The maximum atomic E-state index is 13.0. The Morgan fingerprint density at radius 3 is 2.30 bits per heavy atom. The molecule has 156 valence electrons. The molecule has 0 radical (unpaired) electrons. The Kier molecular flexibility index (Phi) is 6.57. The standard InChI is InChI=1S/C24H26N2O3S/c1-17-9-10-18(2)22(15-17)26-30(28,29)23-16-21(12-11-19(23)3)24(27)25-14-13-20-7-5-4-6-8-20/h4-12,15-16,26H,13-14H2,1-3H3,(H,25,27). The van der Waals surface area contributed by atoms with Gasteiger partial charge in [0, 0.05) is 12.1 Å². The molecule has 0 atom stereocenters. The highest BCUT2D eigenvalue weighted by Crippen LogP contribution is 2.24. The number of carbonyl (C=O) groups is 1. The van der Waals surface area contributed by atoms with E-state index >= 15 is 0 Å². The number of amides is 1. The molecule has 0 unspecified atom stereocenters. The van der Waals surface area contributed by atoms with Gasteiger partial charge in [-0.1, -0.05) is 48.5 Å². The normalized spacial score (nSPS) is 11.2. The van der Waals surface area contributed by atoms with E-state index in [1.165, 1.54) is 6.07 Å². The third kappa shape index (κ3) is 5.27. The van der Waals surface area contributed by atoms with Crippen LogP contribution in [-0.4, -0.2) is 20.9 Å². The summed E-state index contributed by atoms with van der Waals surface area (Å²) in [4.78, 5) is 12.7. The highest BCUT2D eigenvalue weighted by molar-refractivity contribution is 7.92. The summed E-state index contributed by atoms with van der Waals surface area (Å²) in [5, 5.41) is 2.86. The first-order valence-electron chi connectivity index (χ1n) is 9.79. The third-order valence-corrected chi connectivity index (χ3v) is 6.43. The van der Waals surface area contributed by atoms with Crippen molar-refractivity contribution in [3.63, 3.8) is 0 Å². The molecular formula is C24H26N2O3S. The molecule has 3 aromatic rings. The minimum absolute atomic E-state index is 0.0964. The zero-order chi connectivity index (χ0) is 21.7. The second-order valence-corrected chi connectivity index (χ2v) is 9.05. The van der Waals surface area contributed by atoms with Gasteiger partial charge in [-0.3, -0.25) is 9.52 Å². The summed E-state index contributed by atoms with van der Waals surface area (Å²) >= 11 is 0. The maximum Gasteiger partial charge on any atom is 0.262 e. The molecule has 2 N–H and O–H groups in total. The van der Waals surface area contributed by atoms with E-state index in [1.807, 2.05) is 56.3 Å². The summed E-state index contributed by atoms with van der Waals surface area (Å²) in [6.07, 6.45) is 0.706. The number of rotatable bonds is 7. The Hall–Kier alpha value is -3.12. The van der Waals surface area contributed by atoms with Crippen LogP contribution in [0.4, 0.5) is 5.69 Å². The number of aryl methyl sites for hydroxylation is 3. The molecule has 0 aliphatic heterocycles. The molecule has 0 spiro atoms. The summed E-state index contributed by atoms with van der Waals surface area (Å²) in [6, 6.07) is 20.2. The van der Waals surface area contributed by atoms with Gasteiger partial charge >= 0.3 is 0 Å². The van der Waals surface area contributed by atoms with E-state index in [2.05, 4.69) is 10.0 Å². The van der Waals surface area contributed by atoms with E-state index < -0.39 is 10.0 Å². The van der Waals surface area contributed by atoms with Crippen molar-refractivity contribution in [1.82, 2.24) is 5.32 Å². The fraction of sp³-hybridized carbons (Fsp3) is 0.208. The number of anilines is 1. The average molecular weight is 423 g/mol. The number of benzene rings is 3. The van der Waals surface area contributed by atoms with Gasteiger partial charge in [-0.15, -0.1) is 0 Å². The van der Waals surface area contributed by atoms with Gasteiger partial charge in [0.1, 0.15) is 0 Å². The molecule has 6 heteroatoms. The van der Waals surface area contributed by atoms with Crippen molar-refractivity contribution >= 4 is 21.6 Å². The lowest BCUT2D eigenvalue weighted by Gasteiger charge is -2.14. The van der Waals surface area contributed by atoms with Crippen LogP contribution in [0.2, 0.25) is 0 Å². The van der Waals surface area contributed by atoms with Gasteiger partial charge in [0.15, 0.2) is 0 Å². The number of sulfonamides is 1. The van der Waals surface area contributed by atoms with Gasteiger partial charge in [0.05, 0.1) is 10.6 Å². The first-order chi connectivity index (χ1) is 14.3. The molecule has 0 aliphatic rings. The van der Waals surface area contributed by atoms with Gasteiger partial charge in [-0.2, -0.15) is 0 Å². The average Bonchev–Trinajstić information content (AvgIpc) is 2.71. The Morgan fingerprint density at radius 2 is 1.57 bits per heavy atom. The van der Waals surface area contributed by atoms with Crippen LogP contribution in [0.25, 0.3) is 0 Å². The lowest BCUT2D eigenvalue weighted by atomic mass is 10.1. The van der Waals surface area contributed by atoms with E-state index in [-0.39, 0.29) is 10.8 Å². The summed E-state index contributed by atoms with van der Waals surface area (Å²) in [7, 11) is -3.83. The Bertz CT molecular complexity index is 1160. The monoisotopic (exact) mass is 422 g/mol. The van der Waals surface area contributed by atoms with E-state index in [0.29, 0.717) is 29.8 Å². The second-order valence-electron chi connectivity index (χ2n) is 7.40. The molecular weight excluding hydrogens is 396 g/mol. The summed E-state index contributed by atoms with van der Waals surface area (Å²) in [6.45, 7) is 5.94. The van der Waals surface area contributed by atoms with Crippen LogP contribution in [0.3, 0.4) is 0 Å². The molecule has 3 aromatic carbocycles. The number of hydrogen-bond donors (Lipinski definition) is 2. The van der Waals surface area contributed by atoms with Crippen molar-refractivity contribution in [2.45, 2.75) is 32.1 Å². The second kappa shape index (κ2) is 9.13. The number of nitrogens with one attached hydrogen (secondary N) is 2. The van der Waals surface area contributed by atoms with Crippen molar-refractivity contribution < 1.29 is 13.2 Å². The van der Waals surface area contributed by atoms with Crippen molar-refractivity contribution in [3.8, 4) is 0 Å². The summed E-state index contributed by atoms with van der Waals surface area (Å²) in [5.74, 6) is -0.297. The molecule has 0 heterocycles. The van der Waals surface area contributed by atoms with Crippen LogP contribution in [0, 0.1) is 20.8 Å². The van der Waals surface area contributed by atoms with E-state index in [9.17, 15) is 13.2 Å². The van der Waals surface area contributed by atoms with Crippen LogP contribution in [-0.2, 0) is 16.4 Å². The van der Waals surface area contributed by atoms with Gasteiger partial charge in [-0.25, -0.2) is 8.42 Å². The summed E-state index contributed by atoms with van der Waals surface area (Å²) in [5.41, 5.74) is 4.34. The molecule has 1 amide bonds. The molecule has 0 aromatic heterocycles. The topological polar surface area (TPSA) is 75.3 Å². The Morgan fingerprint density at radius 1 is 0.867 bits per heavy atom. The van der Waals surface area contributed by atoms with Crippen molar-refractivity contribution in [2.24, 2.45) is 0 Å².